The smallest absolute Gasteiger partial charge is 0.329 e. The quantitative estimate of drug-likeness (QED) is 0.387. The summed E-state index contributed by atoms with van der Waals surface area (Å²) in [5, 5.41) is 3.45. The molecule has 0 unspecified atom stereocenters. The number of hydrogen-bond acceptors (Lipinski definition) is 4. The van der Waals surface area contributed by atoms with E-state index in [1.54, 1.807) is 11.3 Å². The van der Waals surface area contributed by atoms with Gasteiger partial charge in [0, 0.05) is 16.6 Å². The van der Waals surface area contributed by atoms with Crippen LogP contribution in [-0.2, 0) is 22.6 Å². The summed E-state index contributed by atoms with van der Waals surface area (Å²) < 4.78 is 10.0. The third-order valence-corrected chi connectivity index (χ3v) is 7.96. The van der Waals surface area contributed by atoms with Crippen LogP contribution >= 0.6 is 11.3 Å². The maximum absolute atomic E-state index is 13.6. The number of aromatic nitrogens is 2. The van der Waals surface area contributed by atoms with E-state index in [2.05, 4.69) is 30.5 Å². The van der Waals surface area contributed by atoms with Gasteiger partial charge in [0.1, 0.15) is 0 Å². The fraction of sp³-hybridized carbons (Fsp3) is 0.385. The molecule has 6 heteroatoms. The monoisotopic (exact) mass is 448 g/mol. The van der Waals surface area contributed by atoms with Crippen LogP contribution < -0.4 is 5.69 Å². The van der Waals surface area contributed by atoms with Gasteiger partial charge < -0.3 is 4.74 Å². The molecule has 0 spiro atoms. The summed E-state index contributed by atoms with van der Waals surface area (Å²) >= 11 is 1.74. The fourth-order valence-electron chi connectivity index (χ4n) is 5.24. The molecule has 0 amide bonds. The zero-order valence-corrected chi connectivity index (χ0v) is 19.4. The van der Waals surface area contributed by atoms with Crippen LogP contribution in [-0.4, -0.2) is 22.2 Å². The Hall–Kier alpha value is -2.86. The van der Waals surface area contributed by atoms with Crippen molar-refractivity contribution in [3.05, 3.63) is 69.5 Å². The summed E-state index contributed by atoms with van der Waals surface area (Å²) in [4.78, 5) is 25.4. The van der Waals surface area contributed by atoms with E-state index in [1.807, 2.05) is 33.4 Å². The minimum atomic E-state index is -0.101. The second-order valence-electron chi connectivity index (χ2n) is 8.92. The van der Waals surface area contributed by atoms with Crippen LogP contribution in [0.2, 0.25) is 0 Å². The summed E-state index contributed by atoms with van der Waals surface area (Å²) in [6, 6.07) is 14.5. The molecule has 0 bridgehead atoms. The number of hydrogen-bond donors (Lipinski definition) is 0. The highest BCUT2D eigenvalue weighted by Crippen LogP contribution is 2.32. The molecule has 2 heterocycles. The second kappa shape index (κ2) is 8.58. The van der Waals surface area contributed by atoms with Crippen molar-refractivity contribution in [1.29, 1.82) is 0 Å². The van der Waals surface area contributed by atoms with Gasteiger partial charge in [-0.2, -0.15) is 0 Å². The molecular formula is C26H28N2O3S. The average Bonchev–Trinajstić information content (AvgIpc) is 3.35. The van der Waals surface area contributed by atoms with Crippen molar-refractivity contribution in [2.75, 3.05) is 7.11 Å². The Morgan fingerprint density at radius 1 is 1.03 bits per heavy atom. The highest BCUT2D eigenvalue weighted by Gasteiger charge is 2.28. The number of nitrogens with zero attached hydrogens (tertiary/aromatic N) is 2. The lowest BCUT2D eigenvalue weighted by molar-refractivity contribution is -0.146. The lowest BCUT2D eigenvalue weighted by atomic mass is 9.82. The summed E-state index contributed by atoms with van der Waals surface area (Å²) in [6.07, 6.45) is 3.57. The fourth-order valence-corrected chi connectivity index (χ4v) is 6.27. The van der Waals surface area contributed by atoms with Gasteiger partial charge in [-0.05, 0) is 73.2 Å². The van der Waals surface area contributed by atoms with Crippen molar-refractivity contribution in [1.82, 2.24) is 9.13 Å². The number of ether oxygens (including phenoxy) is 1. The van der Waals surface area contributed by atoms with Crippen molar-refractivity contribution >= 4 is 38.4 Å². The number of carbonyl (C=O) groups excluding carboxylic acids is 1. The Morgan fingerprint density at radius 3 is 2.47 bits per heavy atom. The number of fused-ring (bicyclic) bond motifs is 2. The molecule has 2 aromatic heterocycles. The van der Waals surface area contributed by atoms with Gasteiger partial charge in [0.05, 0.1) is 30.6 Å². The van der Waals surface area contributed by atoms with Crippen LogP contribution in [0.5, 0.6) is 0 Å². The Labute approximate surface area is 191 Å². The lowest BCUT2D eigenvalue weighted by Crippen LogP contribution is -2.30. The van der Waals surface area contributed by atoms with E-state index in [-0.39, 0.29) is 17.6 Å². The van der Waals surface area contributed by atoms with E-state index in [0.29, 0.717) is 19.0 Å². The molecule has 166 valence electrons. The third-order valence-electron chi connectivity index (χ3n) is 6.96. The Kier molecular flexibility index (Phi) is 5.64. The van der Waals surface area contributed by atoms with Gasteiger partial charge in [-0.1, -0.05) is 24.3 Å². The maximum atomic E-state index is 13.6. The van der Waals surface area contributed by atoms with Crippen molar-refractivity contribution in [2.24, 2.45) is 11.8 Å². The average molecular weight is 449 g/mol. The molecule has 0 aliphatic heterocycles. The predicted octanol–water partition coefficient (Wildman–Crippen LogP) is 5.35. The molecule has 0 N–H and O–H groups in total. The van der Waals surface area contributed by atoms with E-state index < -0.39 is 0 Å². The third kappa shape index (κ3) is 3.66. The van der Waals surface area contributed by atoms with Crippen LogP contribution in [0.25, 0.3) is 21.1 Å². The Morgan fingerprint density at radius 2 is 1.75 bits per heavy atom. The van der Waals surface area contributed by atoms with Gasteiger partial charge in [0.15, 0.2) is 0 Å². The second-order valence-corrected chi connectivity index (χ2v) is 9.83. The molecule has 5 nitrogen and oxygen atoms in total. The standard InChI is InChI=1S/C26H28N2O3S/c1-17-6-5-9-23-24(17)20(16-32-23)15-28-22-8-4-3-7-21(22)27(26(28)30)14-18-10-12-19(13-11-18)25(29)31-2/h3-9,16,18-19H,10-15H2,1-2H3. The SMILES string of the molecule is COC(=O)C1CCC(Cn2c(=O)n(Cc3csc4cccc(C)c34)c3ccccc32)CC1. The van der Waals surface area contributed by atoms with E-state index in [4.69, 9.17) is 4.74 Å². The Bertz CT molecular complexity index is 1340. The van der Waals surface area contributed by atoms with Gasteiger partial charge in [-0.15, -0.1) is 11.3 Å². The molecule has 0 radical (unpaired) electrons. The van der Waals surface area contributed by atoms with E-state index >= 15 is 0 Å². The molecule has 5 rings (SSSR count). The number of rotatable bonds is 5. The topological polar surface area (TPSA) is 53.2 Å². The minimum Gasteiger partial charge on any atom is -0.469 e. The van der Waals surface area contributed by atoms with Crippen LogP contribution in [0.3, 0.4) is 0 Å². The molecule has 1 fully saturated rings. The summed E-state index contributed by atoms with van der Waals surface area (Å²) in [5.74, 6) is 0.303. The number of carbonyl (C=O) groups is 1. The molecule has 2 aromatic carbocycles. The van der Waals surface area contributed by atoms with Crippen LogP contribution in [0.1, 0.15) is 36.8 Å². The van der Waals surface area contributed by atoms with Crippen LogP contribution in [0.4, 0.5) is 0 Å². The first-order valence-corrected chi connectivity index (χ1v) is 12.2. The van der Waals surface area contributed by atoms with Crippen molar-refractivity contribution in [3.63, 3.8) is 0 Å². The van der Waals surface area contributed by atoms with Gasteiger partial charge >= 0.3 is 11.7 Å². The van der Waals surface area contributed by atoms with Crippen LogP contribution in [0, 0.1) is 18.8 Å². The van der Waals surface area contributed by atoms with Crippen LogP contribution in [0.15, 0.2) is 52.6 Å². The number of aryl methyl sites for hydroxylation is 1. The maximum Gasteiger partial charge on any atom is 0.329 e. The van der Waals surface area contributed by atoms with Crippen molar-refractivity contribution in [3.8, 4) is 0 Å². The normalized spacial score (nSPS) is 18.9. The first-order chi connectivity index (χ1) is 15.6. The molecule has 0 saturated heterocycles. The first-order valence-electron chi connectivity index (χ1n) is 11.3. The van der Waals surface area contributed by atoms with Gasteiger partial charge in [-0.25, -0.2) is 4.79 Å². The number of para-hydroxylation sites is 2. The minimum absolute atomic E-state index is 0.00410. The number of methoxy groups -OCH3 is 1. The molecule has 1 aliphatic rings. The zero-order valence-electron chi connectivity index (χ0n) is 18.5. The molecule has 1 saturated carbocycles. The summed E-state index contributed by atoms with van der Waals surface area (Å²) in [6.45, 7) is 3.41. The lowest BCUT2D eigenvalue weighted by Gasteiger charge is -2.27. The van der Waals surface area contributed by atoms with E-state index in [9.17, 15) is 9.59 Å². The van der Waals surface area contributed by atoms with Crippen molar-refractivity contribution < 1.29 is 9.53 Å². The molecule has 0 atom stereocenters. The predicted molar refractivity (Wildman–Crippen MR) is 129 cm³/mol. The zero-order chi connectivity index (χ0) is 22.2. The molecular weight excluding hydrogens is 420 g/mol. The largest absolute Gasteiger partial charge is 0.469 e. The first kappa shape index (κ1) is 21.0. The molecule has 4 aromatic rings. The van der Waals surface area contributed by atoms with E-state index in [0.717, 1.165) is 36.7 Å². The highest BCUT2D eigenvalue weighted by atomic mass is 32.1. The highest BCUT2D eigenvalue weighted by molar-refractivity contribution is 7.17. The summed E-state index contributed by atoms with van der Waals surface area (Å²) in [5.41, 5.74) is 4.47. The molecule has 32 heavy (non-hydrogen) atoms. The van der Waals surface area contributed by atoms with Crippen molar-refractivity contribution in [2.45, 2.75) is 45.7 Å². The number of benzene rings is 2. The number of imidazole rings is 1. The molecule has 1 aliphatic carbocycles. The Balaban J connectivity index is 1.46. The van der Waals surface area contributed by atoms with E-state index in [1.165, 1.54) is 28.3 Å². The van der Waals surface area contributed by atoms with Gasteiger partial charge in [0.25, 0.3) is 0 Å². The van der Waals surface area contributed by atoms with Gasteiger partial charge in [0.2, 0.25) is 0 Å². The number of esters is 1. The summed E-state index contributed by atoms with van der Waals surface area (Å²) in [7, 11) is 1.46. The van der Waals surface area contributed by atoms with Gasteiger partial charge in [-0.3, -0.25) is 13.9 Å². The number of thiophene rings is 1.